The van der Waals surface area contributed by atoms with Crippen LogP contribution in [0.4, 0.5) is 4.79 Å². The van der Waals surface area contributed by atoms with E-state index < -0.39 is 69.9 Å². The van der Waals surface area contributed by atoms with E-state index >= 15 is 0 Å². The molecule has 1 aromatic carbocycles. The van der Waals surface area contributed by atoms with Gasteiger partial charge in [0.1, 0.15) is 16.9 Å². The van der Waals surface area contributed by atoms with Crippen molar-refractivity contribution in [3.05, 3.63) is 40.5 Å². The number of nitrogens with one attached hydrogen (secondary N) is 3. The number of carboxylic acids is 1. The summed E-state index contributed by atoms with van der Waals surface area (Å²) in [4.78, 5) is 92.5. The van der Waals surface area contributed by atoms with Gasteiger partial charge >= 0.3 is 47.4 Å². The zero-order chi connectivity index (χ0) is 34.0. The number of hydrogen-bond acceptors (Lipinski definition) is 15. The Labute approximate surface area is 306 Å². The molecule has 4 heterocycles. The largest absolute Gasteiger partial charge is 1.00 e. The van der Waals surface area contributed by atoms with Crippen molar-refractivity contribution >= 4 is 76.9 Å². The van der Waals surface area contributed by atoms with Crippen LogP contribution in [0.15, 0.2) is 39.3 Å². The molecular weight excluding hydrogens is 704 g/mol. The van der Waals surface area contributed by atoms with Gasteiger partial charge in [0.15, 0.2) is 15.8 Å². The SMILES string of the molecule is CCN1CCN(C(=O)NC(C(=O)N[C@]2(NC=O)C(=O)N3C(C(=O)[O-])=C(CSc4nncs4)CSC32)c2ccc(O)c(O)c2)C(=O)C1=O.[Na+]. The number of urea groups is 1. The molecule has 48 heavy (non-hydrogen) atoms. The van der Waals surface area contributed by atoms with E-state index in [9.17, 15) is 48.9 Å². The molecule has 22 heteroatoms. The quantitative estimate of drug-likeness (QED) is 0.0276. The molecular formula is C26H25N8NaO10S3. The van der Waals surface area contributed by atoms with E-state index in [2.05, 4.69) is 26.1 Å². The van der Waals surface area contributed by atoms with Crippen molar-refractivity contribution in [1.29, 1.82) is 0 Å². The minimum atomic E-state index is -2.19. The molecule has 7 amide bonds. The summed E-state index contributed by atoms with van der Waals surface area (Å²) in [6.07, 6.45) is 0.136. The minimum Gasteiger partial charge on any atom is -0.543 e. The smallest absolute Gasteiger partial charge is 0.543 e. The first-order valence-electron chi connectivity index (χ1n) is 13.7. The van der Waals surface area contributed by atoms with Crippen LogP contribution in [-0.4, -0.2) is 119 Å². The standard InChI is InChI=1S/C26H26N8O10S3.Na/c1-2-32-5-6-33(20(40)19(32)39)24(44)29-16(12-3-4-14(36)15(37)7-12)18(38)30-26(27-10-35)22(43)34-17(21(41)42)13(8-45-23(26)34)9-46-25-31-28-11-47-25;/h3-4,7,10-11,16,23,36-37H,2,5-6,8-9H2,1H3,(H,27,35)(H,29,44)(H,30,38)(H,41,42);/q;+1/p-1/t16?,23?,26-;/m1./s1. The first-order chi connectivity index (χ1) is 22.4. The molecule has 5 N–H and O–H groups in total. The van der Waals surface area contributed by atoms with Crippen molar-refractivity contribution in [2.75, 3.05) is 31.1 Å². The van der Waals surface area contributed by atoms with E-state index in [0.29, 0.717) is 14.8 Å². The van der Waals surface area contributed by atoms with E-state index in [1.54, 1.807) is 6.92 Å². The van der Waals surface area contributed by atoms with Gasteiger partial charge in [0.25, 0.3) is 5.91 Å². The number of aliphatic carboxylic acids is 1. The van der Waals surface area contributed by atoms with Crippen molar-refractivity contribution < 1.29 is 78.4 Å². The van der Waals surface area contributed by atoms with Crippen molar-refractivity contribution in [2.45, 2.75) is 28.3 Å². The number of aromatic nitrogens is 2. The third-order valence-corrected chi connectivity index (χ3v) is 10.8. The Morgan fingerprint density at radius 2 is 1.94 bits per heavy atom. The van der Waals surface area contributed by atoms with Gasteiger partial charge < -0.3 is 41.0 Å². The molecule has 248 valence electrons. The van der Waals surface area contributed by atoms with Crippen LogP contribution < -0.4 is 50.6 Å². The average Bonchev–Trinajstić information content (AvgIpc) is 3.58. The Morgan fingerprint density at radius 1 is 1.19 bits per heavy atom. The van der Waals surface area contributed by atoms with Gasteiger partial charge in [0.05, 0.1) is 11.7 Å². The van der Waals surface area contributed by atoms with Crippen LogP contribution in [0.25, 0.3) is 0 Å². The van der Waals surface area contributed by atoms with Crippen LogP contribution >= 0.6 is 34.9 Å². The normalized spacial score (nSPS) is 21.1. The van der Waals surface area contributed by atoms with E-state index in [0.717, 1.165) is 28.8 Å². The molecule has 3 aliphatic rings. The summed E-state index contributed by atoms with van der Waals surface area (Å²) < 4.78 is 0.563. The van der Waals surface area contributed by atoms with Gasteiger partial charge in [0, 0.05) is 31.1 Å². The number of fused-ring (bicyclic) bond motifs is 1. The number of piperazine rings is 1. The molecule has 0 saturated carbocycles. The monoisotopic (exact) mass is 728 g/mol. The summed E-state index contributed by atoms with van der Waals surface area (Å²) in [5.41, 5.74) is -0.913. The number of carbonyl (C=O) groups is 7. The summed E-state index contributed by atoms with van der Waals surface area (Å²) in [5, 5.41) is 45.6. The first kappa shape index (κ1) is 36.9. The molecule has 0 spiro atoms. The van der Waals surface area contributed by atoms with Crippen LogP contribution in [0.2, 0.25) is 0 Å². The number of rotatable bonds is 11. The zero-order valence-corrected chi connectivity index (χ0v) is 29.6. The fourth-order valence-corrected chi connectivity index (χ4v) is 8.18. The number of imide groups is 1. The maximum Gasteiger partial charge on any atom is 1.00 e. The number of carboxylic acid groups (broad SMARTS) is 1. The fourth-order valence-electron chi connectivity index (χ4n) is 5.13. The van der Waals surface area contributed by atoms with E-state index in [1.165, 1.54) is 39.6 Å². The molecule has 0 radical (unpaired) electrons. The third-order valence-electron chi connectivity index (χ3n) is 7.46. The van der Waals surface area contributed by atoms with Crippen molar-refractivity contribution in [3.63, 3.8) is 0 Å². The molecule has 18 nitrogen and oxygen atoms in total. The van der Waals surface area contributed by atoms with Crippen LogP contribution in [0.1, 0.15) is 18.5 Å². The Morgan fingerprint density at radius 3 is 2.56 bits per heavy atom. The number of carbonyl (C=O) groups excluding carboxylic acids is 7. The number of aromatic hydroxyl groups is 2. The average molecular weight is 729 g/mol. The molecule has 2 saturated heterocycles. The third kappa shape index (κ3) is 6.83. The molecule has 0 bridgehead atoms. The van der Waals surface area contributed by atoms with Gasteiger partial charge in [-0.2, -0.15) is 0 Å². The second-order valence-corrected chi connectivity index (χ2v) is 13.2. The van der Waals surface area contributed by atoms with Gasteiger partial charge in [-0.05, 0) is 30.2 Å². The number of amides is 7. The Kier molecular flexibility index (Phi) is 11.6. The summed E-state index contributed by atoms with van der Waals surface area (Å²) >= 11 is 3.48. The molecule has 0 aliphatic carbocycles. The van der Waals surface area contributed by atoms with Crippen LogP contribution in [0.5, 0.6) is 11.5 Å². The predicted octanol–water partition coefficient (Wildman–Crippen LogP) is -5.34. The number of likely N-dealkylation sites (N-methyl/N-ethyl adjacent to an activating group) is 1. The Balaban J connectivity index is 0.00000520. The number of nitrogens with zero attached hydrogens (tertiary/aromatic N) is 5. The van der Waals surface area contributed by atoms with E-state index in [1.807, 2.05) is 0 Å². The molecule has 2 aromatic rings. The molecule has 1 aromatic heterocycles. The van der Waals surface area contributed by atoms with Crippen LogP contribution in [-0.2, 0) is 28.8 Å². The first-order valence-corrected chi connectivity index (χ1v) is 16.6. The maximum absolute atomic E-state index is 13.9. The van der Waals surface area contributed by atoms with E-state index in [-0.39, 0.29) is 72.7 Å². The number of thioether (sulfide) groups is 2. The molecule has 5 rings (SSSR count). The van der Waals surface area contributed by atoms with Gasteiger partial charge in [0.2, 0.25) is 18.0 Å². The number of benzene rings is 1. The van der Waals surface area contributed by atoms with Crippen molar-refractivity contribution in [1.82, 2.24) is 40.8 Å². The summed E-state index contributed by atoms with van der Waals surface area (Å²) in [5.74, 6) is -6.92. The maximum atomic E-state index is 13.9. The predicted molar refractivity (Wildman–Crippen MR) is 161 cm³/mol. The van der Waals surface area contributed by atoms with Gasteiger partial charge in [-0.1, -0.05) is 29.2 Å². The Hall–Kier alpha value is -3.89. The van der Waals surface area contributed by atoms with Crippen molar-refractivity contribution in [2.24, 2.45) is 0 Å². The number of β-lactam (4-membered cyclic amide) rings is 1. The van der Waals surface area contributed by atoms with Crippen molar-refractivity contribution in [3.8, 4) is 11.5 Å². The molecule has 2 unspecified atom stereocenters. The zero-order valence-electron chi connectivity index (χ0n) is 25.2. The fraction of sp³-hybridized carbons (Fsp3) is 0.346. The molecule has 3 aliphatic heterocycles. The van der Waals surface area contributed by atoms with Gasteiger partial charge in [-0.15, -0.1) is 22.0 Å². The van der Waals surface area contributed by atoms with Crippen LogP contribution in [0.3, 0.4) is 0 Å². The summed E-state index contributed by atoms with van der Waals surface area (Å²) in [6.45, 7) is 1.73. The Bertz CT molecular complexity index is 1700. The van der Waals surface area contributed by atoms with Gasteiger partial charge in [-0.25, -0.2) is 4.79 Å². The topological polar surface area (TPSA) is 255 Å². The molecule has 3 atom stereocenters. The second-order valence-electron chi connectivity index (χ2n) is 10.1. The minimum absolute atomic E-state index is 0. The number of phenolic OH excluding ortho intramolecular Hbond substituents is 2. The van der Waals surface area contributed by atoms with E-state index in [4.69, 9.17) is 0 Å². The summed E-state index contributed by atoms with van der Waals surface area (Å²) in [6, 6.07) is 0.223. The van der Waals surface area contributed by atoms with Gasteiger partial charge in [-0.3, -0.25) is 33.8 Å². The number of phenols is 2. The second kappa shape index (κ2) is 15.1. The van der Waals surface area contributed by atoms with Crippen LogP contribution in [0, 0.1) is 0 Å². The molecule has 2 fully saturated rings. The number of hydrogen-bond donors (Lipinski definition) is 5. The summed E-state index contributed by atoms with van der Waals surface area (Å²) in [7, 11) is 0.